The predicted octanol–water partition coefficient (Wildman–Crippen LogP) is 3.53. The zero-order chi connectivity index (χ0) is 21.0. The molecule has 1 aliphatic rings. The molecule has 0 radical (unpaired) electrons. The first-order valence-electron chi connectivity index (χ1n) is 10.8. The number of likely N-dealkylation sites (N-methyl/N-ethyl adjacent to an activating group) is 1. The molecule has 1 amide bonds. The van der Waals surface area contributed by atoms with Gasteiger partial charge in [-0.15, -0.1) is 0 Å². The van der Waals surface area contributed by atoms with Gasteiger partial charge >= 0.3 is 0 Å². The second-order valence-corrected chi connectivity index (χ2v) is 8.65. The molecule has 1 saturated heterocycles. The monoisotopic (exact) mass is 393 g/mol. The number of nitrogens with zero attached hydrogens (tertiary/aromatic N) is 1. The van der Waals surface area contributed by atoms with Crippen molar-refractivity contribution in [2.45, 2.75) is 57.5 Å². The Morgan fingerprint density at radius 3 is 2.62 bits per heavy atom. The quantitative estimate of drug-likeness (QED) is 0.757. The number of amides is 1. The molecule has 1 aliphatic heterocycles. The van der Waals surface area contributed by atoms with Crippen LogP contribution in [0.3, 0.4) is 0 Å². The van der Waals surface area contributed by atoms with E-state index >= 15 is 0 Å². The second kappa shape index (κ2) is 9.10. The maximum atomic E-state index is 11.9. The lowest BCUT2D eigenvalue weighted by Crippen LogP contribution is -2.62. The van der Waals surface area contributed by atoms with E-state index in [2.05, 4.69) is 74.4 Å². The summed E-state index contributed by atoms with van der Waals surface area (Å²) in [6, 6.07) is 17.3. The molecule has 3 N–H and O–H groups in total. The highest BCUT2D eigenvalue weighted by atomic mass is 16.1. The zero-order valence-corrected chi connectivity index (χ0v) is 18.2. The van der Waals surface area contributed by atoms with Crippen molar-refractivity contribution >= 4 is 5.91 Å². The van der Waals surface area contributed by atoms with Gasteiger partial charge in [0.15, 0.2) is 0 Å². The van der Waals surface area contributed by atoms with E-state index in [9.17, 15) is 4.79 Å². The number of primary amides is 1. The maximum Gasteiger partial charge on any atom is 0.248 e. The van der Waals surface area contributed by atoms with Gasteiger partial charge in [-0.2, -0.15) is 0 Å². The Kier molecular flexibility index (Phi) is 6.76. The summed E-state index contributed by atoms with van der Waals surface area (Å²) in [5.74, 6) is -0.355. The molecular weight excluding hydrogens is 358 g/mol. The molecule has 4 nitrogen and oxygen atoms in total. The maximum absolute atomic E-state index is 11.9. The van der Waals surface area contributed by atoms with Crippen LogP contribution in [-0.2, 0) is 18.3 Å². The number of nitrogens with two attached hydrogens (primary N) is 1. The fourth-order valence-corrected chi connectivity index (χ4v) is 4.84. The van der Waals surface area contributed by atoms with E-state index in [-0.39, 0.29) is 11.3 Å². The minimum atomic E-state index is -0.355. The van der Waals surface area contributed by atoms with Gasteiger partial charge < -0.3 is 16.0 Å². The minimum Gasteiger partial charge on any atom is -0.366 e. The van der Waals surface area contributed by atoms with E-state index in [1.54, 1.807) is 0 Å². The van der Waals surface area contributed by atoms with Gasteiger partial charge in [0.1, 0.15) is 0 Å². The van der Waals surface area contributed by atoms with Gasteiger partial charge in [-0.05, 0) is 75.1 Å². The van der Waals surface area contributed by atoms with Crippen LogP contribution in [0.4, 0.5) is 0 Å². The molecule has 0 bridgehead atoms. The largest absolute Gasteiger partial charge is 0.366 e. The summed E-state index contributed by atoms with van der Waals surface area (Å²) >= 11 is 0. The van der Waals surface area contributed by atoms with Crippen LogP contribution >= 0.6 is 0 Å². The highest BCUT2D eigenvalue weighted by Crippen LogP contribution is 2.40. The Morgan fingerprint density at radius 2 is 1.97 bits per heavy atom. The minimum absolute atomic E-state index is 0.0561. The Hall–Kier alpha value is -2.17. The Morgan fingerprint density at radius 1 is 1.24 bits per heavy atom. The van der Waals surface area contributed by atoms with Crippen molar-refractivity contribution in [3.8, 4) is 0 Å². The van der Waals surface area contributed by atoms with Crippen molar-refractivity contribution in [3.63, 3.8) is 0 Å². The third kappa shape index (κ3) is 4.54. The standard InChI is InChI=1S/C25H35N3O/c1-5-20-11-12-21(24(26)29)17-22(20)25(3)14-16-28(4)18(2)23(25)27-15-13-19-9-7-6-8-10-19/h6-12,17-18,23,27H,5,13-16H2,1-4H3,(H2,26,29)/t18-,23+,25-/m1/s1. The summed E-state index contributed by atoms with van der Waals surface area (Å²) < 4.78 is 0. The van der Waals surface area contributed by atoms with Gasteiger partial charge in [-0.1, -0.05) is 50.2 Å². The van der Waals surface area contributed by atoms with Crippen LogP contribution in [0.2, 0.25) is 0 Å². The highest BCUT2D eigenvalue weighted by molar-refractivity contribution is 5.93. The van der Waals surface area contributed by atoms with Gasteiger partial charge in [0.2, 0.25) is 5.91 Å². The summed E-state index contributed by atoms with van der Waals surface area (Å²) in [6.07, 6.45) is 3.00. The van der Waals surface area contributed by atoms with Crippen molar-refractivity contribution < 1.29 is 4.79 Å². The first-order chi connectivity index (χ1) is 13.9. The van der Waals surface area contributed by atoms with E-state index < -0.39 is 0 Å². The molecule has 0 saturated carbocycles. The molecule has 2 aromatic carbocycles. The number of aryl methyl sites for hydroxylation is 1. The molecular formula is C25H35N3O. The summed E-state index contributed by atoms with van der Waals surface area (Å²) in [5.41, 5.74) is 10.1. The van der Waals surface area contributed by atoms with Crippen molar-refractivity contribution in [1.29, 1.82) is 0 Å². The van der Waals surface area contributed by atoms with Crippen LogP contribution in [0.15, 0.2) is 48.5 Å². The van der Waals surface area contributed by atoms with Crippen LogP contribution in [-0.4, -0.2) is 43.0 Å². The molecule has 3 atom stereocenters. The number of hydrogen-bond acceptors (Lipinski definition) is 3. The highest BCUT2D eigenvalue weighted by Gasteiger charge is 2.44. The Labute approximate surface area is 175 Å². The fourth-order valence-electron chi connectivity index (χ4n) is 4.84. The predicted molar refractivity (Wildman–Crippen MR) is 120 cm³/mol. The Bertz CT molecular complexity index is 835. The average Bonchev–Trinajstić information content (AvgIpc) is 2.73. The van der Waals surface area contributed by atoms with Gasteiger partial charge in [0.25, 0.3) is 0 Å². The Balaban J connectivity index is 1.91. The number of rotatable bonds is 7. The summed E-state index contributed by atoms with van der Waals surface area (Å²) in [6.45, 7) is 8.82. The van der Waals surface area contributed by atoms with Gasteiger partial charge in [0.05, 0.1) is 0 Å². The van der Waals surface area contributed by atoms with E-state index in [1.165, 1.54) is 16.7 Å². The van der Waals surface area contributed by atoms with Crippen molar-refractivity contribution in [3.05, 3.63) is 70.8 Å². The molecule has 0 aromatic heterocycles. The second-order valence-electron chi connectivity index (χ2n) is 8.65. The normalized spacial score (nSPS) is 25.1. The van der Waals surface area contributed by atoms with E-state index in [4.69, 9.17) is 5.73 Å². The van der Waals surface area contributed by atoms with Gasteiger partial charge in [-0.3, -0.25) is 4.79 Å². The third-order valence-corrected chi connectivity index (χ3v) is 6.86. The van der Waals surface area contributed by atoms with Crippen molar-refractivity contribution in [2.24, 2.45) is 5.73 Å². The zero-order valence-electron chi connectivity index (χ0n) is 18.2. The molecule has 2 aromatic rings. The van der Waals surface area contributed by atoms with Crippen LogP contribution in [0.1, 0.15) is 54.2 Å². The molecule has 3 rings (SSSR count). The first-order valence-corrected chi connectivity index (χ1v) is 10.8. The molecule has 4 heteroatoms. The topological polar surface area (TPSA) is 58.4 Å². The lowest BCUT2D eigenvalue weighted by molar-refractivity contribution is 0.0886. The van der Waals surface area contributed by atoms with Crippen LogP contribution in [0, 0.1) is 0 Å². The van der Waals surface area contributed by atoms with Gasteiger partial charge in [-0.25, -0.2) is 0 Å². The first kappa shape index (κ1) is 21.5. The smallest absolute Gasteiger partial charge is 0.248 e. The molecule has 0 unspecified atom stereocenters. The van der Waals surface area contributed by atoms with E-state index in [0.29, 0.717) is 17.6 Å². The molecule has 156 valence electrons. The number of benzene rings is 2. The third-order valence-electron chi connectivity index (χ3n) is 6.86. The fraction of sp³-hybridized carbons (Fsp3) is 0.480. The number of hydrogen-bond donors (Lipinski definition) is 2. The van der Waals surface area contributed by atoms with E-state index in [1.807, 2.05) is 12.1 Å². The van der Waals surface area contributed by atoms with Crippen LogP contribution in [0.5, 0.6) is 0 Å². The summed E-state index contributed by atoms with van der Waals surface area (Å²) in [7, 11) is 2.21. The van der Waals surface area contributed by atoms with Crippen LogP contribution in [0.25, 0.3) is 0 Å². The van der Waals surface area contributed by atoms with Crippen molar-refractivity contribution in [1.82, 2.24) is 10.2 Å². The molecule has 29 heavy (non-hydrogen) atoms. The number of likely N-dealkylation sites (tertiary alicyclic amines) is 1. The molecule has 0 aliphatic carbocycles. The molecule has 1 heterocycles. The molecule has 0 spiro atoms. The lowest BCUT2D eigenvalue weighted by atomic mass is 9.66. The van der Waals surface area contributed by atoms with Crippen molar-refractivity contribution in [2.75, 3.05) is 20.1 Å². The lowest BCUT2D eigenvalue weighted by Gasteiger charge is -2.50. The SMILES string of the molecule is CCc1ccc(C(N)=O)cc1[C@@]1(C)CCN(C)[C@H](C)[C@@H]1NCCc1ccccc1. The van der Waals surface area contributed by atoms with E-state index in [0.717, 1.165) is 32.4 Å². The van der Waals surface area contributed by atoms with Crippen LogP contribution < -0.4 is 11.1 Å². The summed E-state index contributed by atoms with van der Waals surface area (Å²) in [5, 5.41) is 3.88. The summed E-state index contributed by atoms with van der Waals surface area (Å²) in [4.78, 5) is 14.3. The molecule has 1 fully saturated rings. The number of piperidine rings is 1. The average molecular weight is 394 g/mol. The number of nitrogens with one attached hydrogen (secondary N) is 1. The number of carbonyl (C=O) groups excluding carboxylic acids is 1. The van der Waals surface area contributed by atoms with Gasteiger partial charge in [0, 0.05) is 23.1 Å². The number of carbonyl (C=O) groups is 1.